The van der Waals surface area contributed by atoms with Crippen molar-refractivity contribution in [1.29, 1.82) is 0 Å². The Hall–Kier alpha value is -2.62. The predicted molar refractivity (Wildman–Crippen MR) is 86.7 cm³/mol. The lowest BCUT2D eigenvalue weighted by Crippen LogP contribution is -2.30. The van der Waals surface area contributed by atoms with Crippen molar-refractivity contribution < 1.29 is 9.21 Å². The molecule has 0 bridgehead atoms. The normalized spacial score (nSPS) is 10.8. The molecule has 3 aromatic rings. The summed E-state index contributed by atoms with van der Waals surface area (Å²) in [7, 11) is 0. The minimum atomic E-state index is 0.0727. The number of amides is 1. The van der Waals surface area contributed by atoms with E-state index in [1.54, 1.807) is 0 Å². The van der Waals surface area contributed by atoms with Crippen LogP contribution in [-0.4, -0.2) is 28.9 Å². The first-order valence-corrected chi connectivity index (χ1v) is 7.46. The largest absolute Gasteiger partial charge is 0.443 e. The molecule has 3 rings (SSSR count). The number of aromatic nitrogens is 1. The molecule has 4 nitrogen and oxygen atoms in total. The average Bonchev–Trinajstić information content (AvgIpc) is 3.03. The molecular formula is C18H18N2O2. The van der Waals surface area contributed by atoms with Crippen LogP contribution in [0.1, 0.15) is 24.2 Å². The summed E-state index contributed by atoms with van der Waals surface area (Å²) in [6.07, 6.45) is 1.44. The van der Waals surface area contributed by atoms with Crippen LogP contribution in [0.5, 0.6) is 0 Å². The second-order valence-corrected chi connectivity index (χ2v) is 5.09. The highest BCUT2D eigenvalue weighted by molar-refractivity contribution is 5.94. The van der Waals surface area contributed by atoms with Gasteiger partial charge in [0.15, 0.2) is 12.0 Å². The fourth-order valence-corrected chi connectivity index (χ4v) is 2.54. The molecule has 0 N–H and O–H groups in total. The maximum absolute atomic E-state index is 12.3. The van der Waals surface area contributed by atoms with Crippen molar-refractivity contribution in [3.63, 3.8) is 0 Å². The van der Waals surface area contributed by atoms with Crippen molar-refractivity contribution in [1.82, 2.24) is 9.88 Å². The lowest BCUT2D eigenvalue weighted by atomic mass is 10.0. The summed E-state index contributed by atoms with van der Waals surface area (Å²) >= 11 is 0. The van der Waals surface area contributed by atoms with E-state index in [4.69, 9.17) is 4.42 Å². The highest BCUT2D eigenvalue weighted by Gasteiger charge is 2.12. The number of rotatable bonds is 4. The second-order valence-electron chi connectivity index (χ2n) is 5.09. The van der Waals surface area contributed by atoms with E-state index in [1.165, 1.54) is 6.39 Å². The van der Waals surface area contributed by atoms with Gasteiger partial charge >= 0.3 is 0 Å². The summed E-state index contributed by atoms with van der Waals surface area (Å²) in [4.78, 5) is 18.3. The van der Waals surface area contributed by atoms with E-state index in [1.807, 2.05) is 61.2 Å². The number of hydrogen-bond acceptors (Lipinski definition) is 3. The molecule has 1 aromatic heterocycles. The number of benzene rings is 2. The number of nitrogens with zero attached hydrogens (tertiary/aromatic N) is 2. The molecule has 0 atom stereocenters. The van der Waals surface area contributed by atoms with Crippen molar-refractivity contribution >= 4 is 17.0 Å². The Kier molecular flexibility index (Phi) is 3.92. The van der Waals surface area contributed by atoms with Gasteiger partial charge in [-0.25, -0.2) is 4.98 Å². The van der Waals surface area contributed by atoms with Crippen molar-refractivity contribution in [2.75, 3.05) is 13.1 Å². The summed E-state index contributed by atoms with van der Waals surface area (Å²) in [6, 6.07) is 13.6. The Morgan fingerprint density at radius 3 is 2.41 bits per heavy atom. The minimum absolute atomic E-state index is 0.0727. The van der Waals surface area contributed by atoms with E-state index in [2.05, 4.69) is 4.98 Å². The topological polar surface area (TPSA) is 46.3 Å². The van der Waals surface area contributed by atoms with E-state index in [0.717, 1.165) is 40.9 Å². The highest BCUT2D eigenvalue weighted by Crippen LogP contribution is 2.24. The monoisotopic (exact) mass is 294 g/mol. The van der Waals surface area contributed by atoms with Crippen LogP contribution in [0.25, 0.3) is 22.2 Å². The van der Waals surface area contributed by atoms with E-state index in [9.17, 15) is 4.79 Å². The van der Waals surface area contributed by atoms with Gasteiger partial charge in [0.25, 0.3) is 5.91 Å². The zero-order valence-corrected chi connectivity index (χ0v) is 12.7. The molecule has 0 aliphatic heterocycles. The summed E-state index contributed by atoms with van der Waals surface area (Å²) in [5.41, 5.74) is 4.44. The Balaban J connectivity index is 1.88. The van der Waals surface area contributed by atoms with Crippen LogP contribution in [0, 0.1) is 0 Å². The van der Waals surface area contributed by atoms with Crippen molar-refractivity contribution in [3.8, 4) is 11.1 Å². The molecule has 0 aliphatic rings. The number of carbonyl (C=O) groups is 1. The van der Waals surface area contributed by atoms with Gasteiger partial charge in [0.2, 0.25) is 0 Å². The first-order valence-electron chi connectivity index (χ1n) is 7.46. The van der Waals surface area contributed by atoms with Gasteiger partial charge < -0.3 is 9.32 Å². The standard InChI is InChI=1S/C18H18N2O2/c1-3-20(4-2)18(21)14-7-5-13(6-8-14)15-9-10-17-16(11-15)19-12-22-17/h5-12H,3-4H2,1-2H3. The van der Waals surface area contributed by atoms with Crippen LogP contribution in [0.3, 0.4) is 0 Å². The van der Waals surface area contributed by atoms with Gasteiger partial charge in [-0.3, -0.25) is 4.79 Å². The Labute approximate surface area is 129 Å². The predicted octanol–water partition coefficient (Wildman–Crippen LogP) is 3.98. The lowest BCUT2D eigenvalue weighted by molar-refractivity contribution is 0.0773. The third-order valence-electron chi connectivity index (χ3n) is 3.85. The van der Waals surface area contributed by atoms with Gasteiger partial charge in [0.1, 0.15) is 5.52 Å². The first kappa shape index (κ1) is 14.3. The maximum atomic E-state index is 12.3. The lowest BCUT2D eigenvalue weighted by Gasteiger charge is -2.18. The van der Waals surface area contributed by atoms with Gasteiger partial charge in [-0.05, 0) is 49.2 Å². The van der Waals surface area contributed by atoms with Gasteiger partial charge in [0.05, 0.1) is 0 Å². The zero-order valence-electron chi connectivity index (χ0n) is 12.7. The average molecular weight is 294 g/mol. The summed E-state index contributed by atoms with van der Waals surface area (Å²) in [5.74, 6) is 0.0727. The van der Waals surface area contributed by atoms with Crippen LogP contribution < -0.4 is 0 Å². The molecule has 0 radical (unpaired) electrons. The SMILES string of the molecule is CCN(CC)C(=O)c1ccc(-c2ccc3ocnc3c2)cc1. The van der Waals surface area contributed by atoms with E-state index in [-0.39, 0.29) is 5.91 Å². The molecule has 1 heterocycles. The van der Waals surface area contributed by atoms with Crippen LogP contribution in [0.2, 0.25) is 0 Å². The third kappa shape index (κ3) is 2.60. The smallest absolute Gasteiger partial charge is 0.253 e. The zero-order chi connectivity index (χ0) is 15.5. The number of hydrogen-bond donors (Lipinski definition) is 0. The Morgan fingerprint density at radius 2 is 1.73 bits per heavy atom. The molecule has 0 unspecified atom stereocenters. The minimum Gasteiger partial charge on any atom is -0.443 e. The van der Waals surface area contributed by atoms with Crippen LogP contribution in [0.4, 0.5) is 0 Å². The molecule has 0 aliphatic carbocycles. The first-order chi connectivity index (χ1) is 10.7. The number of fused-ring (bicyclic) bond motifs is 1. The Bertz CT molecular complexity index is 786. The molecule has 22 heavy (non-hydrogen) atoms. The molecule has 0 saturated carbocycles. The van der Waals surface area contributed by atoms with Gasteiger partial charge in [0, 0.05) is 18.7 Å². The van der Waals surface area contributed by atoms with Crippen molar-refractivity contribution in [3.05, 3.63) is 54.4 Å². The highest BCUT2D eigenvalue weighted by atomic mass is 16.3. The van der Waals surface area contributed by atoms with Crippen molar-refractivity contribution in [2.45, 2.75) is 13.8 Å². The van der Waals surface area contributed by atoms with E-state index in [0.29, 0.717) is 0 Å². The molecule has 0 fully saturated rings. The third-order valence-corrected chi connectivity index (χ3v) is 3.85. The Morgan fingerprint density at radius 1 is 1.05 bits per heavy atom. The van der Waals surface area contributed by atoms with E-state index < -0.39 is 0 Å². The fourth-order valence-electron chi connectivity index (χ4n) is 2.54. The molecule has 0 spiro atoms. The number of carbonyl (C=O) groups excluding carboxylic acids is 1. The molecule has 112 valence electrons. The summed E-state index contributed by atoms with van der Waals surface area (Å²) in [5, 5.41) is 0. The summed E-state index contributed by atoms with van der Waals surface area (Å²) in [6.45, 7) is 5.42. The molecule has 0 saturated heterocycles. The molecule has 4 heteroatoms. The quantitative estimate of drug-likeness (QED) is 0.731. The van der Waals surface area contributed by atoms with Gasteiger partial charge in [-0.1, -0.05) is 18.2 Å². The molecular weight excluding hydrogens is 276 g/mol. The molecule has 2 aromatic carbocycles. The maximum Gasteiger partial charge on any atom is 0.253 e. The van der Waals surface area contributed by atoms with Crippen LogP contribution >= 0.6 is 0 Å². The van der Waals surface area contributed by atoms with Gasteiger partial charge in [-0.15, -0.1) is 0 Å². The van der Waals surface area contributed by atoms with Crippen molar-refractivity contribution in [2.24, 2.45) is 0 Å². The summed E-state index contributed by atoms with van der Waals surface area (Å²) < 4.78 is 5.25. The van der Waals surface area contributed by atoms with Crippen LogP contribution in [0.15, 0.2) is 53.3 Å². The second kappa shape index (κ2) is 6.02. The van der Waals surface area contributed by atoms with Gasteiger partial charge in [-0.2, -0.15) is 0 Å². The van der Waals surface area contributed by atoms with E-state index >= 15 is 0 Å². The fraction of sp³-hybridized carbons (Fsp3) is 0.222. The number of oxazole rings is 1. The molecule has 1 amide bonds. The van der Waals surface area contributed by atoms with Crippen LogP contribution in [-0.2, 0) is 0 Å².